The molecule has 0 bridgehead atoms. The number of nitrogens with zero attached hydrogens (tertiary/aromatic N) is 1. The molecule has 0 atom stereocenters. The standard InChI is InChI=1S/C20H21N3O2/c24-19(21-15-16-7-3-1-4-8-16)13-14-23-20(25)12-11-18(22-23)17-9-5-2-6-10-17/h1-11,22H,12-15H2,(H,21,24). The zero-order valence-electron chi connectivity index (χ0n) is 13.9. The van der Waals surface area contributed by atoms with Crippen LogP contribution in [0.1, 0.15) is 24.0 Å². The van der Waals surface area contributed by atoms with Gasteiger partial charge < -0.3 is 5.32 Å². The largest absolute Gasteiger partial charge is 0.352 e. The maximum Gasteiger partial charge on any atom is 0.244 e. The normalized spacial score (nSPS) is 13.8. The van der Waals surface area contributed by atoms with E-state index < -0.39 is 0 Å². The van der Waals surface area contributed by atoms with Crippen LogP contribution in [0.5, 0.6) is 0 Å². The third-order valence-corrected chi connectivity index (χ3v) is 4.02. The van der Waals surface area contributed by atoms with Gasteiger partial charge in [-0.3, -0.25) is 20.0 Å². The van der Waals surface area contributed by atoms with Gasteiger partial charge in [-0.1, -0.05) is 60.7 Å². The Labute approximate surface area is 147 Å². The average Bonchev–Trinajstić information content (AvgIpc) is 2.67. The van der Waals surface area contributed by atoms with E-state index in [0.717, 1.165) is 16.8 Å². The van der Waals surface area contributed by atoms with Gasteiger partial charge in [-0.25, -0.2) is 0 Å². The molecule has 0 unspecified atom stereocenters. The predicted octanol–water partition coefficient (Wildman–Crippen LogP) is 2.47. The highest BCUT2D eigenvalue weighted by atomic mass is 16.2. The first-order valence-corrected chi connectivity index (χ1v) is 8.35. The maximum absolute atomic E-state index is 12.1. The van der Waals surface area contributed by atoms with E-state index in [2.05, 4.69) is 10.7 Å². The number of nitrogens with one attached hydrogen (secondary N) is 2. The Morgan fingerprint density at radius 2 is 1.72 bits per heavy atom. The van der Waals surface area contributed by atoms with Gasteiger partial charge in [0.15, 0.2) is 0 Å². The molecule has 2 aromatic rings. The van der Waals surface area contributed by atoms with Gasteiger partial charge >= 0.3 is 0 Å². The molecule has 1 heterocycles. The third-order valence-electron chi connectivity index (χ3n) is 4.02. The summed E-state index contributed by atoms with van der Waals surface area (Å²) in [5.74, 6) is -0.107. The van der Waals surface area contributed by atoms with Gasteiger partial charge in [0.25, 0.3) is 0 Å². The van der Waals surface area contributed by atoms with Crippen molar-refractivity contribution in [1.29, 1.82) is 0 Å². The summed E-state index contributed by atoms with van der Waals surface area (Å²) in [4.78, 5) is 24.1. The van der Waals surface area contributed by atoms with Gasteiger partial charge in [-0.2, -0.15) is 0 Å². The Morgan fingerprint density at radius 1 is 1.04 bits per heavy atom. The van der Waals surface area contributed by atoms with E-state index in [9.17, 15) is 9.59 Å². The van der Waals surface area contributed by atoms with Gasteiger partial charge in [-0.15, -0.1) is 0 Å². The fourth-order valence-electron chi connectivity index (χ4n) is 2.63. The van der Waals surface area contributed by atoms with Crippen LogP contribution >= 0.6 is 0 Å². The molecule has 0 spiro atoms. The zero-order chi connectivity index (χ0) is 17.5. The number of benzene rings is 2. The summed E-state index contributed by atoms with van der Waals surface area (Å²) in [7, 11) is 0. The molecule has 1 aliphatic rings. The minimum absolute atomic E-state index is 0.0319. The van der Waals surface area contributed by atoms with Crippen molar-refractivity contribution in [1.82, 2.24) is 15.8 Å². The summed E-state index contributed by atoms with van der Waals surface area (Å²) in [6.07, 6.45) is 2.47. The summed E-state index contributed by atoms with van der Waals surface area (Å²) in [6.45, 7) is 0.833. The lowest BCUT2D eigenvalue weighted by molar-refractivity contribution is -0.133. The number of hydrogen-bond acceptors (Lipinski definition) is 3. The SMILES string of the molecule is O=C(CCN1NC(c2ccccc2)=CCC1=O)NCc1ccccc1. The molecule has 0 radical (unpaired) electrons. The number of carbonyl (C=O) groups excluding carboxylic acids is 2. The molecule has 2 aromatic carbocycles. The second-order valence-corrected chi connectivity index (χ2v) is 5.86. The van der Waals surface area contributed by atoms with Crippen molar-refractivity contribution in [2.75, 3.05) is 6.54 Å². The molecular formula is C20H21N3O2. The van der Waals surface area contributed by atoms with Gasteiger partial charge in [0.2, 0.25) is 11.8 Å². The molecule has 0 aliphatic carbocycles. The molecule has 0 fully saturated rings. The molecule has 128 valence electrons. The Morgan fingerprint density at radius 3 is 2.44 bits per heavy atom. The molecule has 2 N–H and O–H groups in total. The van der Waals surface area contributed by atoms with E-state index >= 15 is 0 Å². The van der Waals surface area contributed by atoms with Gasteiger partial charge in [0.1, 0.15) is 0 Å². The molecule has 5 nitrogen and oxygen atoms in total. The highest BCUT2D eigenvalue weighted by molar-refractivity contribution is 5.84. The van der Waals surface area contributed by atoms with Crippen LogP contribution in [0, 0.1) is 0 Å². The first-order valence-electron chi connectivity index (χ1n) is 8.35. The number of rotatable bonds is 6. The van der Waals surface area contributed by atoms with Crippen molar-refractivity contribution in [2.24, 2.45) is 0 Å². The molecular weight excluding hydrogens is 314 g/mol. The second kappa shape index (κ2) is 8.15. The average molecular weight is 335 g/mol. The van der Waals surface area contributed by atoms with Crippen molar-refractivity contribution < 1.29 is 9.59 Å². The molecule has 0 saturated carbocycles. The van der Waals surface area contributed by atoms with Crippen molar-refractivity contribution >= 4 is 17.5 Å². The Bertz CT molecular complexity index is 757. The minimum atomic E-state index is -0.0748. The molecule has 3 rings (SSSR count). The second-order valence-electron chi connectivity index (χ2n) is 5.86. The first kappa shape index (κ1) is 16.8. The van der Waals surface area contributed by atoms with Crippen LogP contribution in [0.4, 0.5) is 0 Å². The fraction of sp³-hybridized carbons (Fsp3) is 0.200. The van der Waals surface area contributed by atoms with Crippen LogP contribution < -0.4 is 10.7 Å². The highest BCUT2D eigenvalue weighted by Gasteiger charge is 2.20. The number of carbonyl (C=O) groups is 2. The van der Waals surface area contributed by atoms with Crippen molar-refractivity contribution in [3.05, 3.63) is 77.9 Å². The lowest BCUT2D eigenvalue weighted by Gasteiger charge is -2.29. The van der Waals surface area contributed by atoms with Crippen LogP contribution in [-0.2, 0) is 16.1 Å². The third kappa shape index (κ3) is 4.70. The number of hydrogen-bond donors (Lipinski definition) is 2. The first-order chi connectivity index (χ1) is 12.2. The van der Waals surface area contributed by atoms with E-state index in [1.807, 2.05) is 66.7 Å². The lowest BCUT2D eigenvalue weighted by atomic mass is 10.1. The summed E-state index contributed by atoms with van der Waals surface area (Å²) in [5.41, 5.74) is 6.08. The van der Waals surface area contributed by atoms with Crippen molar-refractivity contribution in [3.8, 4) is 0 Å². The lowest BCUT2D eigenvalue weighted by Crippen LogP contribution is -2.45. The number of amides is 2. The van der Waals surface area contributed by atoms with Gasteiger partial charge in [-0.05, 0) is 17.2 Å². The van der Waals surface area contributed by atoms with E-state index in [0.29, 0.717) is 19.5 Å². The van der Waals surface area contributed by atoms with Crippen molar-refractivity contribution in [3.63, 3.8) is 0 Å². The van der Waals surface area contributed by atoms with Crippen LogP contribution in [0.2, 0.25) is 0 Å². The summed E-state index contributed by atoms with van der Waals surface area (Å²) in [6, 6.07) is 19.6. The van der Waals surface area contributed by atoms with E-state index in [-0.39, 0.29) is 18.2 Å². The Kier molecular flexibility index (Phi) is 5.46. The maximum atomic E-state index is 12.1. The molecule has 5 heteroatoms. The number of hydrazine groups is 1. The molecule has 2 amide bonds. The predicted molar refractivity (Wildman–Crippen MR) is 96.8 cm³/mol. The molecule has 1 aliphatic heterocycles. The summed E-state index contributed by atoms with van der Waals surface area (Å²) >= 11 is 0. The van der Waals surface area contributed by atoms with E-state index in [4.69, 9.17) is 0 Å². The quantitative estimate of drug-likeness (QED) is 0.852. The van der Waals surface area contributed by atoms with Crippen LogP contribution in [0.3, 0.4) is 0 Å². The van der Waals surface area contributed by atoms with E-state index in [1.165, 1.54) is 5.01 Å². The van der Waals surface area contributed by atoms with E-state index in [1.54, 1.807) is 0 Å². The minimum Gasteiger partial charge on any atom is -0.352 e. The Balaban J connectivity index is 1.50. The van der Waals surface area contributed by atoms with Crippen molar-refractivity contribution in [2.45, 2.75) is 19.4 Å². The monoisotopic (exact) mass is 335 g/mol. The molecule has 0 aromatic heterocycles. The highest BCUT2D eigenvalue weighted by Crippen LogP contribution is 2.17. The summed E-state index contributed by atoms with van der Waals surface area (Å²) in [5, 5.41) is 4.40. The fourth-order valence-corrected chi connectivity index (χ4v) is 2.63. The zero-order valence-corrected chi connectivity index (χ0v) is 13.9. The molecule has 0 saturated heterocycles. The van der Waals surface area contributed by atoms with Gasteiger partial charge in [0, 0.05) is 19.4 Å². The molecule has 25 heavy (non-hydrogen) atoms. The smallest absolute Gasteiger partial charge is 0.244 e. The Hall–Kier alpha value is -3.08. The topological polar surface area (TPSA) is 61.4 Å². The van der Waals surface area contributed by atoms with Gasteiger partial charge in [0.05, 0.1) is 12.2 Å². The van der Waals surface area contributed by atoms with Crippen LogP contribution in [-0.4, -0.2) is 23.4 Å². The van der Waals surface area contributed by atoms with Crippen LogP contribution in [0.25, 0.3) is 5.70 Å². The summed E-state index contributed by atoms with van der Waals surface area (Å²) < 4.78 is 0. The van der Waals surface area contributed by atoms with Crippen LogP contribution in [0.15, 0.2) is 66.7 Å².